The van der Waals surface area contributed by atoms with Gasteiger partial charge in [0.1, 0.15) is 0 Å². The van der Waals surface area contributed by atoms with Crippen molar-refractivity contribution in [3.8, 4) is 0 Å². The third-order valence-corrected chi connectivity index (χ3v) is 4.99. The van der Waals surface area contributed by atoms with Crippen molar-refractivity contribution in [1.29, 1.82) is 0 Å². The molecular weight excluding hydrogens is 220 g/mol. The highest BCUT2D eigenvalue weighted by molar-refractivity contribution is 4.96. The van der Waals surface area contributed by atoms with Crippen molar-refractivity contribution in [3.63, 3.8) is 0 Å². The lowest BCUT2D eigenvalue weighted by Gasteiger charge is -2.49. The van der Waals surface area contributed by atoms with Crippen LogP contribution in [-0.2, 0) is 0 Å². The molecule has 0 aromatic heterocycles. The van der Waals surface area contributed by atoms with Crippen LogP contribution in [0.15, 0.2) is 0 Å². The number of nitrogens with one attached hydrogen (secondary N) is 1. The summed E-state index contributed by atoms with van der Waals surface area (Å²) in [5, 5.41) is 3.79. The highest BCUT2D eigenvalue weighted by atomic mass is 15.3. The second-order valence-electron chi connectivity index (χ2n) is 6.85. The Kier molecular flexibility index (Phi) is 6.13. The molecule has 2 heteroatoms. The van der Waals surface area contributed by atoms with E-state index in [0.717, 1.165) is 18.4 Å². The molecule has 108 valence electrons. The zero-order valence-electron chi connectivity index (χ0n) is 13.4. The molecule has 0 aromatic rings. The van der Waals surface area contributed by atoms with E-state index < -0.39 is 0 Å². The van der Waals surface area contributed by atoms with Gasteiger partial charge in [0.25, 0.3) is 0 Å². The average Bonchev–Trinajstić information content (AvgIpc) is 2.36. The van der Waals surface area contributed by atoms with Gasteiger partial charge in [-0.2, -0.15) is 0 Å². The molecule has 0 amide bonds. The van der Waals surface area contributed by atoms with Crippen LogP contribution in [0.3, 0.4) is 0 Å². The van der Waals surface area contributed by atoms with Crippen LogP contribution >= 0.6 is 0 Å². The molecule has 3 unspecified atom stereocenters. The Morgan fingerprint density at radius 2 is 1.94 bits per heavy atom. The van der Waals surface area contributed by atoms with E-state index in [-0.39, 0.29) is 0 Å². The second-order valence-corrected chi connectivity index (χ2v) is 6.85. The van der Waals surface area contributed by atoms with Gasteiger partial charge in [0.05, 0.1) is 0 Å². The van der Waals surface area contributed by atoms with Crippen LogP contribution in [0.1, 0.15) is 60.8 Å². The lowest BCUT2D eigenvalue weighted by Crippen LogP contribution is -2.64. The predicted octanol–water partition coefficient (Wildman–Crippen LogP) is 3.52. The molecule has 1 N–H and O–H groups in total. The minimum atomic E-state index is 0.360. The highest BCUT2D eigenvalue weighted by Gasteiger charge is 2.37. The molecule has 1 heterocycles. The summed E-state index contributed by atoms with van der Waals surface area (Å²) in [6.07, 6.45) is 3.84. The molecule has 1 saturated heterocycles. The van der Waals surface area contributed by atoms with E-state index in [1.807, 2.05) is 0 Å². The van der Waals surface area contributed by atoms with E-state index in [1.54, 1.807) is 0 Å². The van der Waals surface area contributed by atoms with Crippen molar-refractivity contribution >= 4 is 0 Å². The van der Waals surface area contributed by atoms with Gasteiger partial charge in [0.2, 0.25) is 0 Å². The molecular formula is C16H34N2. The molecule has 2 nitrogen and oxygen atoms in total. The molecule has 1 aliphatic heterocycles. The maximum Gasteiger partial charge on any atom is 0.0303 e. The molecule has 0 radical (unpaired) electrons. The maximum atomic E-state index is 3.79. The van der Waals surface area contributed by atoms with Gasteiger partial charge in [-0.25, -0.2) is 0 Å². The van der Waals surface area contributed by atoms with Crippen LogP contribution in [0.2, 0.25) is 0 Å². The van der Waals surface area contributed by atoms with E-state index in [0.29, 0.717) is 11.6 Å². The molecule has 1 fully saturated rings. The van der Waals surface area contributed by atoms with Crippen LogP contribution in [0.5, 0.6) is 0 Å². The van der Waals surface area contributed by atoms with Crippen molar-refractivity contribution < 1.29 is 0 Å². The minimum Gasteiger partial charge on any atom is -0.311 e. The smallest absolute Gasteiger partial charge is 0.0303 e. The first-order chi connectivity index (χ1) is 8.42. The van der Waals surface area contributed by atoms with E-state index in [1.165, 1.54) is 32.4 Å². The molecule has 3 atom stereocenters. The predicted molar refractivity (Wildman–Crippen MR) is 81.0 cm³/mol. The lowest BCUT2D eigenvalue weighted by molar-refractivity contribution is 0.0328. The zero-order chi connectivity index (χ0) is 13.8. The van der Waals surface area contributed by atoms with Crippen LogP contribution in [0.4, 0.5) is 0 Å². The first kappa shape index (κ1) is 16.0. The Balaban J connectivity index is 2.64. The summed E-state index contributed by atoms with van der Waals surface area (Å²) in [5.74, 6) is 1.59. The highest BCUT2D eigenvalue weighted by Crippen LogP contribution is 2.26. The van der Waals surface area contributed by atoms with Crippen LogP contribution in [0.25, 0.3) is 0 Å². The Morgan fingerprint density at radius 3 is 2.44 bits per heavy atom. The molecule has 0 spiro atoms. The summed E-state index contributed by atoms with van der Waals surface area (Å²) in [6.45, 7) is 17.7. The van der Waals surface area contributed by atoms with Crippen molar-refractivity contribution in [2.24, 2.45) is 11.8 Å². The zero-order valence-corrected chi connectivity index (χ0v) is 13.4. The third kappa shape index (κ3) is 3.96. The summed E-state index contributed by atoms with van der Waals surface area (Å²) in [4.78, 5) is 2.75. The van der Waals surface area contributed by atoms with E-state index in [2.05, 4.69) is 51.8 Å². The number of nitrogens with zero attached hydrogens (tertiary/aromatic N) is 1. The second kappa shape index (κ2) is 6.91. The first-order valence-electron chi connectivity index (χ1n) is 7.91. The Labute approximate surface area is 115 Å². The summed E-state index contributed by atoms with van der Waals surface area (Å²) in [7, 11) is 0. The van der Waals surface area contributed by atoms with Gasteiger partial charge >= 0.3 is 0 Å². The molecule has 18 heavy (non-hydrogen) atoms. The SMILES string of the molecule is CCC(C)C1CN(CCC(C)C)C(C)(CC)CN1. The molecule has 1 rings (SSSR count). The average molecular weight is 254 g/mol. The number of piperazine rings is 1. The van der Waals surface area contributed by atoms with Crippen LogP contribution < -0.4 is 5.32 Å². The van der Waals surface area contributed by atoms with Gasteiger partial charge in [-0.3, -0.25) is 4.90 Å². The number of rotatable bonds is 6. The van der Waals surface area contributed by atoms with Crippen molar-refractivity contribution in [1.82, 2.24) is 10.2 Å². The topological polar surface area (TPSA) is 15.3 Å². The number of hydrogen-bond acceptors (Lipinski definition) is 2. The summed E-state index contributed by atoms with van der Waals surface area (Å²) in [6, 6.07) is 0.682. The summed E-state index contributed by atoms with van der Waals surface area (Å²) < 4.78 is 0. The largest absolute Gasteiger partial charge is 0.311 e. The van der Waals surface area contributed by atoms with Gasteiger partial charge in [0.15, 0.2) is 0 Å². The number of hydrogen-bond donors (Lipinski definition) is 1. The quantitative estimate of drug-likeness (QED) is 0.780. The molecule has 0 saturated carbocycles. The standard InChI is InChI=1S/C16H34N2/c1-7-14(5)15-11-18(10-9-13(3)4)16(6,8-2)12-17-15/h13-15,17H,7-12H2,1-6H3. The van der Waals surface area contributed by atoms with Gasteiger partial charge < -0.3 is 5.32 Å². The van der Waals surface area contributed by atoms with Gasteiger partial charge in [-0.05, 0) is 38.1 Å². The Hall–Kier alpha value is -0.0800. The first-order valence-corrected chi connectivity index (χ1v) is 7.91. The Bertz CT molecular complexity index is 239. The van der Waals surface area contributed by atoms with Crippen LogP contribution in [-0.4, -0.2) is 36.1 Å². The molecule has 0 bridgehead atoms. The lowest BCUT2D eigenvalue weighted by atomic mass is 9.87. The Morgan fingerprint density at radius 1 is 1.28 bits per heavy atom. The fourth-order valence-corrected chi connectivity index (χ4v) is 2.77. The summed E-state index contributed by atoms with van der Waals surface area (Å²) in [5.41, 5.74) is 0.360. The van der Waals surface area contributed by atoms with Crippen molar-refractivity contribution in [3.05, 3.63) is 0 Å². The third-order valence-electron chi connectivity index (χ3n) is 4.99. The minimum absolute atomic E-state index is 0.360. The van der Waals surface area contributed by atoms with E-state index in [9.17, 15) is 0 Å². The fourth-order valence-electron chi connectivity index (χ4n) is 2.77. The van der Waals surface area contributed by atoms with Crippen LogP contribution in [0, 0.1) is 11.8 Å². The van der Waals surface area contributed by atoms with Gasteiger partial charge in [-0.15, -0.1) is 0 Å². The van der Waals surface area contributed by atoms with Gasteiger partial charge in [0, 0.05) is 24.7 Å². The van der Waals surface area contributed by atoms with E-state index in [4.69, 9.17) is 0 Å². The van der Waals surface area contributed by atoms with E-state index >= 15 is 0 Å². The van der Waals surface area contributed by atoms with Crippen molar-refractivity contribution in [2.45, 2.75) is 72.4 Å². The normalized spacial score (nSPS) is 31.8. The summed E-state index contributed by atoms with van der Waals surface area (Å²) >= 11 is 0. The monoisotopic (exact) mass is 254 g/mol. The molecule has 0 aliphatic carbocycles. The molecule has 1 aliphatic rings. The van der Waals surface area contributed by atoms with Gasteiger partial charge in [-0.1, -0.05) is 41.0 Å². The van der Waals surface area contributed by atoms with Crippen molar-refractivity contribution in [2.75, 3.05) is 19.6 Å². The molecule has 0 aromatic carbocycles. The maximum absolute atomic E-state index is 3.79. The fraction of sp³-hybridized carbons (Fsp3) is 1.00.